The minimum atomic E-state index is 0.0348. The second-order valence-electron chi connectivity index (χ2n) is 6.47. The largest absolute Gasteiger partial charge is 0.494 e. The first kappa shape index (κ1) is 21.1. The third-order valence-electron chi connectivity index (χ3n) is 4.54. The van der Waals surface area contributed by atoms with E-state index in [0.717, 1.165) is 34.8 Å². The van der Waals surface area contributed by atoms with Gasteiger partial charge < -0.3 is 18.5 Å². The third kappa shape index (κ3) is 5.07. The number of aromatic nitrogens is 3. The van der Waals surface area contributed by atoms with Crippen molar-refractivity contribution in [1.82, 2.24) is 14.8 Å². The highest BCUT2D eigenvalue weighted by atomic mass is 32.2. The third-order valence-corrected chi connectivity index (χ3v) is 5.36. The molecule has 1 aromatic carbocycles. The smallest absolute Gasteiger partial charge is 0.277 e. The maximum atomic E-state index is 12.7. The molecule has 8 heteroatoms. The minimum absolute atomic E-state index is 0.0348. The number of carbonyl (C=O) groups excluding carboxylic acids is 1. The van der Waals surface area contributed by atoms with Crippen LogP contribution in [-0.2, 0) is 11.3 Å². The van der Waals surface area contributed by atoms with Crippen molar-refractivity contribution in [3.8, 4) is 17.2 Å². The van der Waals surface area contributed by atoms with Gasteiger partial charge in [-0.1, -0.05) is 11.8 Å². The highest BCUT2D eigenvalue weighted by Crippen LogP contribution is 2.26. The van der Waals surface area contributed by atoms with Gasteiger partial charge in [0.2, 0.25) is 5.89 Å². The van der Waals surface area contributed by atoms with E-state index in [1.54, 1.807) is 7.11 Å². The van der Waals surface area contributed by atoms with Crippen LogP contribution in [-0.4, -0.2) is 46.6 Å². The number of rotatable bonds is 10. The Hall–Kier alpha value is -2.58. The van der Waals surface area contributed by atoms with Gasteiger partial charge in [0.1, 0.15) is 5.75 Å². The molecule has 0 aliphatic carbocycles. The normalized spacial score (nSPS) is 11.0. The summed E-state index contributed by atoms with van der Waals surface area (Å²) < 4.78 is 18.4. The number of carbonyl (C=O) groups is 1. The Kier molecular flexibility index (Phi) is 7.11. The lowest BCUT2D eigenvalue weighted by Crippen LogP contribution is -2.09. The van der Waals surface area contributed by atoms with Crippen LogP contribution in [0, 0.1) is 13.8 Å². The van der Waals surface area contributed by atoms with Crippen molar-refractivity contribution in [2.75, 3.05) is 26.1 Å². The molecule has 0 unspecified atom stereocenters. The van der Waals surface area contributed by atoms with Crippen molar-refractivity contribution in [2.24, 2.45) is 0 Å². The number of thioether (sulfide) groups is 1. The summed E-state index contributed by atoms with van der Waals surface area (Å²) in [5.41, 5.74) is 3.52. The van der Waals surface area contributed by atoms with E-state index in [4.69, 9.17) is 13.9 Å². The van der Waals surface area contributed by atoms with E-state index in [1.807, 2.05) is 51.1 Å². The summed E-state index contributed by atoms with van der Waals surface area (Å²) in [6.45, 7) is 7.83. The molecule has 3 aromatic rings. The van der Waals surface area contributed by atoms with E-state index in [2.05, 4.69) is 14.8 Å². The predicted octanol–water partition coefficient (Wildman–Crippen LogP) is 4.18. The van der Waals surface area contributed by atoms with Crippen LogP contribution < -0.4 is 4.74 Å². The van der Waals surface area contributed by atoms with Crippen LogP contribution >= 0.6 is 11.8 Å². The number of methoxy groups -OCH3 is 1. The monoisotopic (exact) mass is 415 g/mol. The number of ether oxygens (including phenoxy) is 2. The van der Waals surface area contributed by atoms with E-state index < -0.39 is 0 Å². The number of ketones is 1. The number of hydrogen-bond donors (Lipinski definition) is 0. The first-order valence-electron chi connectivity index (χ1n) is 9.41. The molecule has 2 aromatic heterocycles. The zero-order valence-corrected chi connectivity index (χ0v) is 17.9. The topological polar surface area (TPSA) is 79.4 Å². The number of benzene rings is 1. The van der Waals surface area contributed by atoms with Crippen LogP contribution in [0.2, 0.25) is 0 Å². The van der Waals surface area contributed by atoms with E-state index in [-0.39, 0.29) is 11.5 Å². The fraction of sp³-hybridized carbons (Fsp3) is 0.381. The number of hydrogen-bond acceptors (Lipinski definition) is 7. The lowest BCUT2D eigenvalue weighted by molar-refractivity contribution is 0.102. The van der Waals surface area contributed by atoms with Gasteiger partial charge in [-0.3, -0.25) is 4.79 Å². The van der Waals surface area contributed by atoms with Crippen LogP contribution in [0.4, 0.5) is 0 Å². The second-order valence-corrected chi connectivity index (χ2v) is 7.40. The van der Waals surface area contributed by atoms with E-state index in [0.29, 0.717) is 24.3 Å². The molecule has 0 atom stereocenters. The standard InChI is InChI=1S/C21H25N3O4S/c1-5-27-17-8-6-16(7-9-17)20-22-23-21(28-20)29-13-19(25)18-12-14(2)24(15(18)3)10-11-26-4/h6-9,12H,5,10-11,13H2,1-4H3. The molecule has 0 N–H and O–H groups in total. The fourth-order valence-corrected chi connectivity index (χ4v) is 3.71. The fourth-order valence-electron chi connectivity index (χ4n) is 3.06. The highest BCUT2D eigenvalue weighted by molar-refractivity contribution is 7.99. The van der Waals surface area contributed by atoms with Crippen LogP contribution in [0.1, 0.15) is 28.7 Å². The number of Topliss-reactive ketones (excluding diaryl/α,β-unsaturated/α-hetero) is 1. The quantitative estimate of drug-likeness (QED) is 0.363. The molecule has 0 fully saturated rings. The van der Waals surface area contributed by atoms with E-state index >= 15 is 0 Å². The SMILES string of the molecule is CCOc1ccc(-c2nnc(SCC(=O)c3cc(C)n(CCOC)c3C)o2)cc1. The average Bonchev–Trinajstić information content (AvgIpc) is 3.30. The highest BCUT2D eigenvalue weighted by Gasteiger charge is 2.17. The molecule has 0 saturated heterocycles. The molecule has 0 saturated carbocycles. The number of nitrogens with zero attached hydrogens (tertiary/aromatic N) is 3. The van der Waals surface area contributed by atoms with Crippen molar-refractivity contribution in [2.45, 2.75) is 32.5 Å². The van der Waals surface area contributed by atoms with E-state index in [1.165, 1.54) is 11.8 Å². The van der Waals surface area contributed by atoms with Crippen molar-refractivity contribution in [1.29, 1.82) is 0 Å². The first-order chi connectivity index (χ1) is 14.0. The summed E-state index contributed by atoms with van der Waals surface area (Å²) in [4.78, 5) is 12.7. The van der Waals surface area contributed by atoms with Crippen molar-refractivity contribution < 1.29 is 18.7 Å². The summed E-state index contributed by atoms with van der Waals surface area (Å²) in [5, 5.41) is 8.49. The Bertz CT molecular complexity index is 963. The van der Waals surface area contributed by atoms with Gasteiger partial charge in [-0.2, -0.15) is 0 Å². The van der Waals surface area contributed by atoms with Crippen LogP contribution in [0.25, 0.3) is 11.5 Å². The summed E-state index contributed by atoms with van der Waals surface area (Å²) >= 11 is 1.24. The predicted molar refractivity (Wildman–Crippen MR) is 112 cm³/mol. The second kappa shape index (κ2) is 9.76. The van der Waals surface area contributed by atoms with Gasteiger partial charge in [-0.05, 0) is 51.1 Å². The van der Waals surface area contributed by atoms with Gasteiger partial charge in [0.15, 0.2) is 5.78 Å². The molecule has 0 amide bonds. The molecule has 7 nitrogen and oxygen atoms in total. The van der Waals surface area contributed by atoms with Gasteiger partial charge >= 0.3 is 0 Å². The summed E-state index contributed by atoms with van der Waals surface area (Å²) in [5.74, 6) is 1.48. The summed E-state index contributed by atoms with van der Waals surface area (Å²) in [7, 11) is 1.67. The molecule has 0 aliphatic rings. The molecule has 0 radical (unpaired) electrons. The Balaban J connectivity index is 1.63. The lowest BCUT2D eigenvalue weighted by atomic mass is 10.2. The van der Waals surface area contributed by atoms with Gasteiger partial charge in [0.05, 0.1) is 19.0 Å². The van der Waals surface area contributed by atoms with Gasteiger partial charge in [0.25, 0.3) is 5.22 Å². The lowest BCUT2D eigenvalue weighted by Gasteiger charge is -2.08. The maximum absolute atomic E-state index is 12.7. The Morgan fingerprint density at radius 2 is 1.97 bits per heavy atom. The molecule has 2 heterocycles. The zero-order chi connectivity index (χ0) is 20.8. The summed E-state index contributed by atoms with van der Waals surface area (Å²) in [6.07, 6.45) is 0. The molecule has 3 rings (SSSR count). The Morgan fingerprint density at radius 1 is 1.21 bits per heavy atom. The molecular formula is C21H25N3O4S. The average molecular weight is 416 g/mol. The molecular weight excluding hydrogens is 390 g/mol. The van der Waals surface area contributed by atoms with E-state index in [9.17, 15) is 4.79 Å². The van der Waals surface area contributed by atoms with Gasteiger partial charge in [-0.15, -0.1) is 10.2 Å². The van der Waals surface area contributed by atoms with Crippen LogP contribution in [0.3, 0.4) is 0 Å². The number of aryl methyl sites for hydroxylation is 1. The summed E-state index contributed by atoms with van der Waals surface area (Å²) in [6, 6.07) is 9.38. The zero-order valence-electron chi connectivity index (χ0n) is 17.1. The molecule has 154 valence electrons. The maximum Gasteiger partial charge on any atom is 0.277 e. The molecule has 29 heavy (non-hydrogen) atoms. The van der Waals surface area contributed by atoms with Crippen molar-refractivity contribution in [3.05, 3.63) is 47.3 Å². The van der Waals surface area contributed by atoms with Crippen molar-refractivity contribution >= 4 is 17.5 Å². The van der Waals surface area contributed by atoms with Crippen LogP contribution in [0.5, 0.6) is 5.75 Å². The Labute approximate surface area is 174 Å². The van der Waals surface area contributed by atoms with Crippen LogP contribution in [0.15, 0.2) is 40.0 Å². The van der Waals surface area contributed by atoms with Gasteiger partial charge in [-0.25, -0.2) is 0 Å². The van der Waals surface area contributed by atoms with Gasteiger partial charge in [0, 0.05) is 36.2 Å². The molecule has 0 aliphatic heterocycles. The minimum Gasteiger partial charge on any atom is -0.494 e. The Morgan fingerprint density at radius 3 is 2.66 bits per heavy atom. The molecule has 0 bridgehead atoms. The molecule has 0 spiro atoms. The first-order valence-corrected chi connectivity index (χ1v) is 10.4. The van der Waals surface area contributed by atoms with Crippen molar-refractivity contribution in [3.63, 3.8) is 0 Å².